The Hall–Kier alpha value is -3.22. The van der Waals surface area contributed by atoms with Gasteiger partial charge in [-0.1, -0.05) is 42.0 Å². The largest absolute Gasteiger partial charge is 0.337 e. The van der Waals surface area contributed by atoms with Crippen LogP contribution in [0.15, 0.2) is 48.5 Å². The van der Waals surface area contributed by atoms with E-state index in [1.54, 1.807) is 18.2 Å². The molecule has 0 atom stereocenters. The number of nitrogens with one attached hydrogen (secondary N) is 3. The molecule has 3 aromatic rings. The van der Waals surface area contributed by atoms with E-state index in [2.05, 4.69) is 25.8 Å². The van der Waals surface area contributed by atoms with Crippen molar-refractivity contribution in [2.75, 3.05) is 11.9 Å². The maximum atomic E-state index is 13.7. The van der Waals surface area contributed by atoms with Gasteiger partial charge in [0.15, 0.2) is 5.82 Å². The number of H-pyrrole nitrogens is 1. The molecular formula is C18H18FN5O. The highest BCUT2D eigenvalue weighted by Crippen LogP contribution is 2.19. The van der Waals surface area contributed by atoms with E-state index in [0.29, 0.717) is 12.1 Å². The Morgan fingerprint density at radius 2 is 1.92 bits per heavy atom. The van der Waals surface area contributed by atoms with Crippen LogP contribution in [0.3, 0.4) is 0 Å². The van der Waals surface area contributed by atoms with Gasteiger partial charge in [0.1, 0.15) is 5.82 Å². The van der Waals surface area contributed by atoms with Crippen LogP contribution >= 0.6 is 0 Å². The van der Waals surface area contributed by atoms with Crippen molar-refractivity contribution in [3.05, 3.63) is 65.5 Å². The van der Waals surface area contributed by atoms with Gasteiger partial charge in [-0.15, -0.1) is 5.10 Å². The van der Waals surface area contributed by atoms with Gasteiger partial charge in [-0.25, -0.2) is 9.18 Å². The predicted octanol–water partition coefficient (Wildman–Crippen LogP) is 3.28. The fourth-order valence-corrected chi connectivity index (χ4v) is 2.31. The summed E-state index contributed by atoms with van der Waals surface area (Å²) in [6.07, 6.45) is 0.724. The number of hydrogen-bond acceptors (Lipinski definition) is 3. The molecule has 0 bridgehead atoms. The third kappa shape index (κ3) is 4.41. The first-order chi connectivity index (χ1) is 12.1. The van der Waals surface area contributed by atoms with Crippen molar-refractivity contribution in [1.29, 1.82) is 0 Å². The third-order valence-electron chi connectivity index (χ3n) is 3.66. The Morgan fingerprint density at radius 3 is 2.68 bits per heavy atom. The number of carbonyl (C=O) groups is 1. The molecule has 1 aromatic heterocycles. The molecular weight excluding hydrogens is 321 g/mol. The van der Waals surface area contributed by atoms with Gasteiger partial charge in [0.2, 0.25) is 5.95 Å². The van der Waals surface area contributed by atoms with Gasteiger partial charge < -0.3 is 5.32 Å². The molecule has 0 radical (unpaired) electrons. The van der Waals surface area contributed by atoms with Gasteiger partial charge in [0, 0.05) is 6.54 Å². The fraction of sp³-hybridized carbons (Fsp3) is 0.167. The van der Waals surface area contributed by atoms with Crippen molar-refractivity contribution in [2.45, 2.75) is 13.3 Å². The van der Waals surface area contributed by atoms with Gasteiger partial charge in [-0.2, -0.15) is 4.98 Å². The summed E-state index contributed by atoms with van der Waals surface area (Å²) in [5.41, 5.74) is 2.64. The molecule has 0 unspecified atom stereocenters. The predicted molar refractivity (Wildman–Crippen MR) is 93.7 cm³/mol. The average molecular weight is 339 g/mol. The van der Waals surface area contributed by atoms with Gasteiger partial charge in [-0.05, 0) is 31.0 Å². The van der Waals surface area contributed by atoms with E-state index in [1.165, 1.54) is 11.6 Å². The smallest absolute Gasteiger partial charge is 0.321 e. The van der Waals surface area contributed by atoms with Crippen LogP contribution in [-0.2, 0) is 6.42 Å². The summed E-state index contributed by atoms with van der Waals surface area (Å²) in [6, 6.07) is 13.9. The molecule has 2 aromatic carbocycles. The molecule has 0 saturated heterocycles. The molecule has 2 amide bonds. The molecule has 7 heteroatoms. The number of benzene rings is 2. The van der Waals surface area contributed by atoms with E-state index in [-0.39, 0.29) is 11.8 Å². The normalized spacial score (nSPS) is 10.5. The van der Waals surface area contributed by atoms with Gasteiger partial charge >= 0.3 is 6.03 Å². The Kier molecular flexibility index (Phi) is 5.03. The number of carbonyl (C=O) groups excluding carboxylic acids is 1. The fourth-order valence-electron chi connectivity index (χ4n) is 2.31. The molecule has 0 fully saturated rings. The molecule has 0 aliphatic rings. The Bertz CT molecular complexity index is 860. The number of amides is 2. The molecule has 0 aliphatic heterocycles. The summed E-state index contributed by atoms with van der Waals surface area (Å²) in [7, 11) is 0. The molecule has 25 heavy (non-hydrogen) atoms. The number of anilines is 1. The summed E-state index contributed by atoms with van der Waals surface area (Å²) < 4.78 is 13.7. The van der Waals surface area contributed by atoms with Crippen LogP contribution in [0.2, 0.25) is 0 Å². The first kappa shape index (κ1) is 16.6. The van der Waals surface area contributed by atoms with Crippen LogP contribution in [0.25, 0.3) is 11.4 Å². The summed E-state index contributed by atoms with van der Waals surface area (Å²) in [5, 5.41) is 11.7. The van der Waals surface area contributed by atoms with Gasteiger partial charge in [0.05, 0.1) is 5.56 Å². The van der Waals surface area contributed by atoms with Gasteiger partial charge in [-0.3, -0.25) is 10.4 Å². The summed E-state index contributed by atoms with van der Waals surface area (Å²) >= 11 is 0. The summed E-state index contributed by atoms with van der Waals surface area (Å²) in [6.45, 7) is 2.52. The van der Waals surface area contributed by atoms with Crippen LogP contribution in [0, 0.1) is 12.7 Å². The number of urea groups is 1. The van der Waals surface area contributed by atoms with E-state index in [4.69, 9.17) is 0 Å². The second-order valence-corrected chi connectivity index (χ2v) is 5.60. The highest BCUT2D eigenvalue weighted by atomic mass is 19.1. The highest BCUT2D eigenvalue weighted by molar-refractivity contribution is 5.87. The Balaban J connectivity index is 1.52. The van der Waals surface area contributed by atoms with Crippen molar-refractivity contribution in [1.82, 2.24) is 20.5 Å². The molecule has 128 valence electrons. The lowest BCUT2D eigenvalue weighted by Gasteiger charge is -2.05. The maximum absolute atomic E-state index is 13.7. The second kappa shape index (κ2) is 7.57. The number of aryl methyl sites for hydroxylation is 1. The standard InChI is InChI=1S/C18H18FN5O/c1-12-6-8-13(9-7-12)10-11-20-18(25)22-17-21-16(23-24-17)14-4-2-3-5-15(14)19/h2-9H,10-11H2,1H3,(H3,20,21,22,23,24,25). The number of nitrogens with zero attached hydrogens (tertiary/aromatic N) is 2. The summed E-state index contributed by atoms with van der Waals surface area (Å²) in [4.78, 5) is 16.0. The molecule has 1 heterocycles. The van der Waals surface area contributed by atoms with Crippen LogP contribution in [-0.4, -0.2) is 27.8 Å². The highest BCUT2D eigenvalue weighted by Gasteiger charge is 2.11. The number of aromatic nitrogens is 3. The van der Waals surface area contributed by atoms with Crippen molar-refractivity contribution < 1.29 is 9.18 Å². The zero-order valence-corrected chi connectivity index (χ0v) is 13.7. The minimum absolute atomic E-state index is 0.0890. The molecule has 0 spiro atoms. The number of halogens is 1. The number of rotatable bonds is 5. The SMILES string of the molecule is Cc1ccc(CCNC(=O)Nc2n[nH]c(-c3ccccc3F)n2)cc1. The quantitative estimate of drug-likeness (QED) is 0.667. The van der Waals surface area contributed by atoms with Crippen molar-refractivity contribution in [3.8, 4) is 11.4 Å². The van der Waals surface area contributed by atoms with Crippen LogP contribution in [0.4, 0.5) is 15.1 Å². The van der Waals surface area contributed by atoms with Crippen molar-refractivity contribution in [3.63, 3.8) is 0 Å². The van der Waals surface area contributed by atoms with E-state index < -0.39 is 11.8 Å². The van der Waals surface area contributed by atoms with Crippen molar-refractivity contribution in [2.24, 2.45) is 0 Å². The Labute approximate surface area is 144 Å². The maximum Gasteiger partial charge on any atom is 0.321 e. The number of aromatic amines is 1. The lowest BCUT2D eigenvalue weighted by Crippen LogP contribution is -2.30. The molecule has 3 N–H and O–H groups in total. The Morgan fingerprint density at radius 1 is 1.16 bits per heavy atom. The zero-order chi connectivity index (χ0) is 17.6. The van der Waals surface area contributed by atoms with E-state index >= 15 is 0 Å². The van der Waals surface area contributed by atoms with E-state index in [9.17, 15) is 9.18 Å². The minimum atomic E-state index is -0.411. The number of hydrogen-bond donors (Lipinski definition) is 3. The van der Waals surface area contributed by atoms with Crippen LogP contribution in [0.5, 0.6) is 0 Å². The van der Waals surface area contributed by atoms with Gasteiger partial charge in [0.25, 0.3) is 0 Å². The first-order valence-corrected chi connectivity index (χ1v) is 7.89. The lowest BCUT2D eigenvalue weighted by atomic mass is 10.1. The van der Waals surface area contributed by atoms with Crippen LogP contribution in [0.1, 0.15) is 11.1 Å². The average Bonchev–Trinajstić information content (AvgIpc) is 3.05. The molecule has 0 saturated carbocycles. The zero-order valence-electron chi connectivity index (χ0n) is 13.7. The first-order valence-electron chi connectivity index (χ1n) is 7.89. The van der Waals surface area contributed by atoms with Crippen molar-refractivity contribution >= 4 is 12.0 Å². The van der Waals surface area contributed by atoms with E-state index in [0.717, 1.165) is 12.0 Å². The lowest BCUT2D eigenvalue weighted by molar-refractivity contribution is 0.252. The third-order valence-corrected chi connectivity index (χ3v) is 3.66. The molecule has 6 nitrogen and oxygen atoms in total. The topological polar surface area (TPSA) is 82.7 Å². The second-order valence-electron chi connectivity index (χ2n) is 5.60. The molecule has 3 rings (SSSR count). The monoisotopic (exact) mass is 339 g/mol. The summed E-state index contributed by atoms with van der Waals surface area (Å²) in [5.74, 6) is -0.0631. The van der Waals surface area contributed by atoms with Crippen LogP contribution < -0.4 is 10.6 Å². The van der Waals surface area contributed by atoms with E-state index in [1.807, 2.05) is 31.2 Å². The minimum Gasteiger partial charge on any atom is -0.337 e. The molecule has 0 aliphatic carbocycles.